The second kappa shape index (κ2) is 9.47. The highest BCUT2D eigenvalue weighted by atomic mass is 16.5. The monoisotopic (exact) mass is 403 g/mol. The van der Waals surface area contributed by atoms with Crippen molar-refractivity contribution in [2.24, 2.45) is 0 Å². The Morgan fingerprint density at radius 2 is 1.67 bits per heavy atom. The molecule has 7 nitrogen and oxygen atoms in total. The summed E-state index contributed by atoms with van der Waals surface area (Å²) in [5.41, 5.74) is 3.29. The molecule has 0 spiro atoms. The Morgan fingerprint density at radius 1 is 0.900 bits per heavy atom. The van der Waals surface area contributed by atoms with Crippen molar-refractivity contribution < 1.29 is 19.1 Å². The molecule has 3 aromatic rings. The Labute approximate surface area is 174 Å². The van der Waals surface area contributed by atoms with Gasteiger partial charge in [-0.1, -0.05) is 17.7 Å². The maximum atomic E-state index is 12.4. The van der Waals surface area contributed by atoms with Crippen molar-refractivity contribution >= 4 is 23.5 Å². The summed E-state index contributed by atoms with van der Waals surface area (Å²) in [5.74, 6) is -1.11. The van der Waals surface area contributed by atoms with E-state index >= 15 is 0 Å². The minimum Gasteiger partial charge on any atom is -0.465 e. The van der Waals surface area contributed by atoms with Gasteiger partial charge in [0.1, 0.15) is 0 Å². The van der Waals surface area contributed by atoms with Crippen molar-refractivity contribution in [1.29, 1.82) is 0 Å². The smallest absolute Gasteiger partial charge is 0.337 e. The average molecular weight is 403 g/mol. The van der Waals surface area contributed by atoms with Gasteiger partial charge in [0.2, 0.25) is 0 Å². The summed E-state index contributed by atoms with van der Waals surface area (Å²) in [6, 6.07) is 15.3. The zero-order valence-corrected chi connectivity index (χ0v) is 16.6. The number of hydrogen-bond acceptors (Lipinski definition) is 5. The lowest BCUT2D eigenvalue weighted by molar-refractivity contribution is 0.0600. The molecule has 0 aliphatic carbocycles. The van der Waals surface area contributed by atoms with Crippen LogP contribution in [0.25, 0.3) is 0 Å². The third-order valence-electron chi connectivity index (χ3n) is 4.35. The molecule has 2 N–H and O–H groups in total. The van der Waals surface area contributed by atoms with E-state index in [-0.39, 0.29) is 23.9 Å². The highest BCUT2D eigenvalue weighted by Gasteiger charge is 2.13. The molecule has 30 heavy (non-hydrogen) atoms. The summed E-state index contributed by atoms with van der Waals surface area (Å²) in [6.45, 7) is 2.09. The minimum absolute atomic E-state index is 0.176. The number of methoxy groups -OCH3 is 1. The van der Waals surface area contributed by atoms with Crippen LogP contribution in [0.5, 0.6) is 0 Å². The summed E-state index contributed by atoms with van der Waals surface area (Å²) in [5, 5.41) is 5.58. The molecule has 0 aliphatic rings. The molecule has 0 radical (unpaired) electrons. The molecule has 0 unspecified atom stereocenters. The van der Waals surface area contributed by atoms with Crippen LogP contribution in [0.2, 0.25) is 0 Å². The highest BCUT2D eigenvalue weighted by molar-refractivity contribution is 6.04. The first-order chi connectivity index (χ1) is 14.5. The number of ether oxygens (including phenoxy) is 1. The van der Waals surface area contributed by atoms with Crippen LogP contribution in [0, 0.1) is 6.92 Å². The van der Waals surface area contributed by atoms with Gasteiger partial charge in [-0.2, -0.15) is 0 Å². The van der Waals surface area contributed by atoms with Crippen LogP contribution < -0.4 is 10.6 Å². The number of anilines is 1. The number of aromatic nitrogens is 1. The maximum Gasteiger partial charge on any atom is 0.337 e. The molecule has 7 heteroatoms. The van der Waals surface area contributed by atoms with Crippen LogP contribution in [0.1, 0.15) is 42.2 Å². The summed E-state index contributed by atoms with van der Waals surface area (Å²) in [4.78, 5) is 40.8. The lowest BCUT2D eigenvalue weighted by Gasteiger charge is -2.11. The molecular weight excluding hydrogens is 382 g/mol. The zero-order valence-electron chi connectivity index (χ0n) is 16.6. The van der Waals surface area contributed by atoms with E-state index in [1.807, 2.05) is 19.1 Å². The number of pyridine rings is 1. The van der Waals surface area contributed by atoms with Gasteiger partial charge in [-0.05, 0) is 55.0 Å². The summed E-state index contributed by atoms with van der Waals surface area (Å²) >= 11 is 0. The van der Waals surface area contributed by atoms with Crippen molar-refractivity contribution in [3.8, 4) is 0 Å². The number of benzene rings is 2. The van der Waals surface area contributed by atoms with E-state index in [9.17, 15) is 14.4 Å². The second-order valence-corrected chi connectivity index (χ2v) is 6.65. The number of esters is 1. The first-order valence-electron chi connectivity index (χ1n) is 9.25. The second-order valence-electron chi connectivity index (χ2n) is 6.65. The molecule has 0 saturated heterocycles. The Bertz CT molecular complexity index is 1080. The Kier molecular flexibility index (Phi) is 6.54. The minimum atomic E-state index is -0.540. The molecule has 2 amide bonds. The van der Waals surface area contributed by atoms with Crippen molar-refractivity contribution in [3.63, 3.8) is 0 Å². The summed E-state index contributed by atoms with van der Waals surface area (Å²) in [6.07, 6.45) is 3.04. The van der Waals surface area contributed by atoms with Gasteiger partial charge < -0.3 is 15.4 Å². The zero-order chi connectivity index (χ0) is 21.5. The fourth-order valence-corrected chi connectivity index (χ4v) is 2.88. The maximum absolute atomic E-state index is 12.4. The third-order valence-corrected chi connectivity index (χ3v) is 4.35. The van der Waals surface area contributed by atoms with Gasteiger partial charge >= 0.3 is 5.97 Å². The summed E-state index contributed by atoms with van der Waals surface area (Å²) in [7, 11) is 1.28. The molecule has 152 valence electrons. The Hall–Kier alpha value is -4.00. The fraction of sp³-hybridized carbons (Fsp3) is 0.130. The predicted molar refractivity (Wildman–Crippen MR) is 112 cm³/mol. The number of rotatable bonds is 6. The van der Waals surface area contributed by atoms with E-state index < -0.39 is 5.97 Å². The quantitative estimate of drug-likeness (QED) is 0.615. The van der Waals surface area contributed by atoms with Gasteiger partial charge in [0.05, 0.1) is 12.7 Å². The van der Waals surface area contributed by atoms with E-state index in [1.165, 1.54) is 25.6 Å². The van der Waals surface area contributed by atoms with Crippen LogP contribution >= 0.6 is 0 Å². The number of hydrogen-bond donors (Lipinski definition) is 2. The van der Waals surface area contributed by atoms with E-state index in [0.717, 1.165) is 5.56 Å². The molecular formula is C23H21N3O4. The van der Waals surface area contributed by atoms with E-state index in [2.05, 4.69) is 15.6 Å². The normalized spacial score (nSPS) is 10.2. The van der Waals surface area contributed by atoms with Gasteiger partial charge in [-0.25, -0.2) is 4.79 Å². The molecule has 2 aromatic carbocycles. The standard InChI is InChI=1S/C23H21N3O4/c1-15-4-3-5-18(10-15)21(27)25-14-16-11-19(23(29)30-2)13-20(12-16)26-22(28)17-6-8-24-9-7-17/h3-13H,14H2,1-2H3,(H,25,27)(H,26,28). The number of nitrogens with one attached hydrogen (secondary N) is 2. The predicted octanol–water partition coefficient (Wildman–Crippen LogP) is 3.36. The lowest BCUT2D eigenvalue weighted by Crippen LogP contribution is -2.23. The highest BCUT2D eigenvalue weighted by Crippen LogP contribution is 2.17. The largest absolute Gasteiger partial charge is 0.465 e. The molecule has 0 atom stereocenters. The summed E-state index contributed by atoms with van der Waals surface area (Å²) < 4.78 is 4.80. The van der Waals surface area contributed by atoms with Gasteiger partial charge in [0.15, 0.2) is 0 Å². The van der Waals surface area contributed by atoms with Crippen LogP contribution in [0.4, 0.5) is 5.69 Å². The van der Waals surface area contributed by atoms with Gasteiger partial charge in [-0.3, -0.25) is 14.6 Å². The number of amides is 2. The van der Waals surface area contributed by atoms with Crippen molar-refractivity contribution in [2.75, 3.05) is 12.4 Å². The molecule has 0 fully saturated rings. The van der Waals surface area contributed by atoms with Crippen LogP contribution in [-0.2, 0) is 11.3 Å². The first kappa shape index (κ1) is 20.7. The average Bonchev–Trinajstić information content (AvgIpc) is 2.77. The number of carbonyl (C=O) groups excluding carboxylic acids is 3. The van der Waals surface area contributed by atoms with Crippen LogP contribution in [-0.4, -0.2) is 29.9 Å². The van der Waals surface area contributed by atoms with Crippen molar-refractivity contribution in [3.05, 3.63) is 94.8 Å². The Morgan fingerprint density at radius 3 is 2.37 bits per heavy atom. The molecule has 0 bridgehead atoms. The molecule has 1 aromatic heterocycles. The molecule has 1 heterocycles. The molecule has 0 saturated carbocycles. The van der Waals surface area contributed by atoms with Gasteiger partial charge in [0.25, 0.3) is 11.8 Å². The number of aryl methyl sites for hydroxylation is 1. The Balaban J connectivity index is 1.79. The molecule has 3 rings (SSSR count). The van der Waals surface area contributed by atoms with E-state index in [4.69, 9.17) is 4.74 Å². The molecule has 0 aliphatic heterocycles. The van der Waals surface area contributed by atoms with Crippen molar-refractivity contribution in [1.82, 2.24) is 10.3 Å². The fourth-order valence-electron chi connectivity index (χ4n) is 2.88. The number of carbonyl (C=O) groups is 3. The van der Waals surface area contributed by atoms with Gasteiger partial charge in [-0.15, -0.1) is 0 Å². The van der Waals surface area contributed by atoms with E-state index in [1.54, 1.807) is 36.4 Å². The van der Waals surface area contributed by atoms with Gasteiger partial charge in [0, 0.05) is 35.8 Å². The SMILES string of the molecule is COC(=O)c1cc(CNC(=O)c2cccc(C)c2)cc(NC(=O)c2ccncc2)c1. The van der Waals surface area contributed by atoms with E-state index in [0.29, 0.717) is 22.4 Å². The third kappa shape index (κ3) is 5.29. The van der Waals surface area contributed by atoms with Crippen molar-refractivity contribution in [2.45, 2.75) is 13.5 Å². The lowest BCUT2D eigenvalue weighted by atomic mass is 10.1. The topological polar surface area (TPSA) is 97.4 Å². The van der Waals surface area contributed by atoms with Crippen LogP contribution in [0.3, 0.4) is 0 Å². The first-order valence-corrected chi connectivity index (χ1v) is 9.25. The number of nitrogens with zero attached hydrogens (tertiary/aromatic N) is 1. The van der Waals surface area contributed by atoms with Crippen LogP contribution in [0.15, 0.2) is 67.0 Å².